The van der Waals surface area contributed by atoms with E-state index in [1.807, 2.05) is 19.1 Å². The molecule has 0 unspecified atom stereocenters. The lowest BCUT2D eigenvalue weighted by Gasteiger charge is -2.26. The van der Waals surface area contributed by atoms with E-state index in [1.54, 1.807) is 6.07 Å². The maximum absolute atomic E-state index is 11.8. The number of ether oxygens (including phenoxy) is 1. The lowest BCUT2D eigenvalue weighted by atomic mass is 10.1. The minimum Gasteiger partial charge on any atom is -0.395 e. The molecule has 0 aliphatic carbocycles. The number of hydrogen-bond donors (Lipinski definition) is 1. The highest BCUT2D eigenvalue weighted by Gasteiger charge is 2.29. The summed E-state index contributed by atoms with van der Waals surface area (Å²) in [6.45, 7) is 1.65. The number of morpholine rings is 1. The zero-order valence-electron chi connectivity index (χ0n) is 11.2. The smallest absolute Gasteiger partial charge is 0.259 e. The van der Waals surface area contributed by atoms with Gasteiger partial charge in [-0.25, -0.2) is 4.90 Å². The average Bonchev–Trinajstić information content (AvgIpc) is 2.42. The van der Waals surface area contributed by atoms with Gasteiger partial charge in [0.05, 0.1) is 12.3 Å². The van der Waals surface area contributed by atoms with Crippen LogP contribution in [0.1, 0.15) is 17.5 Å². The Morgan fingerprint density at radius 3 is 2.65 bits per heavy atom. The third-order valence-corrected chi connectivity index (χ3v) is 2.87. The van der Waals surface area contributed by atoms with Crippen molar-refractivity contribution in [3.63, 3.8) is 0 Å². The first kappa shape index (κ1) is 14.3. The number of aliphatic hydroxyl groups is 1. The molecule has 0 saturated carbocycles. The van der Waals surface area contributed by atoms with Gasteiger partial charge in [-0.05, 0) is 24.6 Å². The monoisotopic (exact) mass is 273 g/mol. The molecule has 1 aromatic rings. The minimum absolute atomic E-state index is 0.00611. The lowest BCUT2D eigenvalue weighted by molar-refractivity contribution is -0.138. The minimum atomic E-state index is -0.371. The van der Waals surface area contributed by atoms with Gasteiger partial charge in [0.15, 0.2) is 0 Å². The van der Waals surface area contributed by atoms with Crippen molar-refractivity contribution in [2.45, 2.75) is 13.3 Å². The summed E-state index contributed by atoms with van der Waals surface area (Å²) in [6, 6.07) is 5.34. The fraction of sp³-hybridized carbons (Fsp3) is 0.333. The molecule has 2 amide bonds. The molecule has 1 N–H and O–H groups in total. The van der Waals surface area contributed by atoms with Crippen molar-refractivity contribution in [1.29, 1.82) is 0 Å². The molecule has 0 bridgehead atoms. The lowest BCUT2D eigenvalue weighted by Crippen LogP contribution is -2.46. The SMILES string of the molecule is Cc1ccc(C#CCCO)cc1N1C(=O)COCC1=O. The number of hydrogen-bond acceptors (Lipinski definition) is 4. The molecule has 0 aromatic heterocycles. The van der Waals surface area contributed by atoms with Gasteiger partial charge in [-0.2, -0.15) is 0 Å². The maximum Gasteiger partial charge on any atom is 0.259 e. The summed E-state index contributed by atoms with van der Waals surface area (Å²) in [5, 5.41) is 8.70. The van der Waals surface area contributed by atoms with Crippen molar-refractivity contribution in [3.8, 4) is 11.8 Å². The summed E-state index contributed by atoms with van der Waals surface area (Å²) in [5.41, 5.74) is 2.06. The van der Waals surface area contributed by atoms with Crippen LogP contribution in [0.3, 0.4) is 0 Å². The summed E-state index contributed by atoms with van der Waals surface area (Å²) in [7, 11) is 0. The Bertz CT molecular complexity index is 582. The van der Waals surface area contributed by atoms with Crippen molar-refractivity contribution < 1.29 is 19.4 Å². The Balaban J connectivity index is 2.35. The Morgan fingerprint density at radius 1 is 1.30 bits per heavy atom. The van der Waals surface area contributed by atoms with Gasteiger partial charge in [0, 0.05) is 12.0 Å². The second kappa shape index (κ2) is 6.33. The van der Waals surface area contributed by atoms with Crippen molar-refractivity contribution in [1.82, 2.24) is 0 Å². The van der Waals surface area contributed by atoms with Crippen LogP contribution in [0.2, 0.25) is 0 Å². The van der Waals surface area contributed by atoms with Crippen LogP contribution in [0.15, 0.2) is 18.2 Å². The summed E-state index contributed by atoms with van der Waals surface area (Å²) >= 11 is 0. The Morgan fingerprint density at radius 2 is 2.00 bits per heavy atom. The molecule has 1 heterocycles. The molecule has 0 spiro atoms. The van der Waals surface area contributed by atoms with Crippen LogP contribution in [0.25, 0.3) is 0 Å². The van der Waals surface area contributed by atoms with Crippen LogP contribution >= 0.6 is 0 Å². The Hall–Kier alpha value is -2.16. The van der Waals surface area contributed by atoms with Gasteiger partial charge in [-0.3, -0.25) is 9.59 Å². The van der Waals surface area contributed by atoms with Crippen molar-refractivity contribution in [2.24, 2.45) is 0 Å². The van der Waals surface area contributed by atoms with Gasteiger partial charge < -0.3 is 9.84 Å². The average molecular weight is 273 g/mol. The van der Waals surface area contributed by atoms with E-state index in [4.69, 9.17) is 9.84 Å². The Kier molecular flexibility index (Phi) is 4.51. The largest absolute Gasteiger partial charge is 0.395 e. The topological polar surface area (TPSA) is 66.8 Å². The molecule has 5 heteroatoms. The van der Waals surface area contributed by atoms with Crippen molar-refractivity contribution in [2.75, 3.05) is 24.7 Å². The summed E-state index contributed by atoms with van der Waals surface area (Å²) < 4.78 is 4.90. The van der Waals surface area contributed by atoms with E-state index in [9.17, 15) is 9.59 Å². The number of aryl methyl sites for hydroxylation is 1. The number of carbonyl (C=O) groups excluding carboxylic acids is 2. The molecule has 104 valence electrons. The number of nitrogens with zero attached hydrogens (tertiary/aromatic N) is 1. The molecule has 20 heavy (non-hydrogen) atoms. The quantitative estimate of drug-likeness (QED) is 0.633. The van der Waals surface area contributed by atoms with E-state index in [0.717, 1.165) is 10.5 Å². The second-order valence-corrected chi connectivity index (χ2v) is 4.39. The van der Waals surface area contributed by atoms with Crippen LogP contribution in [0.5, 0.6) is 0 Å². The van der Waals surface area contributed by atoms with Crippen molar-refractivity contribution in [3.05, 3.63) is 29.3 Å². The maximum atomic E-state index is 11.8. The number of anilines is 1. The van der Waals surface area contributed by atoms with Crippen LogP contribution in [0, 0.1) is 18.8 Å². The molecule has 0 atom stereocenters. The molecule has 1 aromatic carbocycles. The molecule has 1 aliphatic heterocycles. The highest BCUT2D eigenvalue weighted by atomic mass is 16.5. The van der Waals surface area contributed by atoms with Gasteiger partial charge in [0.1, 0.15) is 13.2 Å². The van der Waals surface area contributed by atoms with Crippen LogP contribution in [0.4, 0.5) is 5.69 Å². The second-order valence-electron chi connectivity index (χ2n) is 4.39. The number of carbonyl (C=O) groups is 2. The summed E-state index contributed by atoms with van der Waals surface area (Å²) in [6.07, 6.45) is 0.388. The van der Waals surface area contributed by atoms with Gasteiger partial charge >= 0.3 is 0 Å². The predicted octanol–water partition coefficient (Wildman–Crippen LogP) is 0.619. The van der Waals surface area contributed by atoms with E-state index in [2.05, 4.69) is 11.8 Å². The first-order valence-corrected chi connectivity index (χ1v) is 6.27. The van der Waals surface area contributed by atoms with Gasteiger partial charge in [0.2, 0.25) is 0 Å². The fourth-order valence-electron chi connectivity index (χ4n) is 1.91. The molecule has 1 fully saturated rings. The van der Waals surface area contributed by atoms with Crippen LogP contribution in [-0.2, 0) is 14.3 Å². The molecule has 1 aliphatic rings. The number of amides is 2. The molecular weight excluding hydrogens is 258 g/mol. The summed E-state index contributed by atoms with van der Waals surface area (Å²) in [5.74, 6) is 4.96. The third kappa shape index (κ3) is 3.05. The Labute approximate surface area is 117 Å². The fourth-order valence-corrected chi connectivity index (χ4v) is 1.91. The van der Waals surface area contributed by atoms with Gasteiger partial charge in [-0.1, -0.05) is 17.9 Å². The standard InChI is InChI=1S/C15H15NO4/c1-11-5-6-12(4-2-3-7-17)8-13(11)16-14(18)9-20-10-15(16)19/h5-6,8,17H,3,7,9-10H2,1H3. The number of benzene rings is 1. The predicted molar refractivity (Wildman–Crippen MR) is 73.1 cm³/mol. The zero-order chi connectivity index (χ0) is 14.5. The number of imide groups is 1. The van der Waals surface area contributed by atoms with E-state index < -0.39 is 0 Å². The molecule has 0 radical (unpaired) electrons. The van der Waals surface area contributed by atoms with Crippen LogP contribution < -0.4 is 4.90 Å². The number of aliphatic hydroxyl groups excluding tert-OH is 1. The van der Waals surface area contributed by atoms with Crippen LogP contribution in [-0.4, -0.2) is 36.7 Å². The molecular formula is C15H15NO4. The van der Waals surface area contributed by atoms with Gasteiger partial charge in [0.25, 0.3) is 11.8 Å². The van der Waals surface area contributed by atoms with E-state index >= 15 is 0 Å². The molecule has 2 rings (SSSR count). The molecule has 5 nitrogen and oxygen atoms in total. The highest BCUT2D eigenvalue weighted by Crippen LogP contribution is 2.23. The van der Waals surface area contributed by atoms with E-state index in [1.165, 1.54) is 0 Å². The van der Waals surface area contributed by atoms with Crippen molar-refractivity contribution >= 4 is 17.5 Å². The first-order valence-electron chi connectivity index (χ1n) is 6.27. The zero-order valence-corrected chi connectivity index (χ0v) is 11.2. The third-order valence-electron chi connectivity index (χ3n) is 2.87. The van der Waals surface area contributed by atoms with E-state index in [-0.39, 0.29) is 31.6 Å². The normalized spacial score (nSPS) is 15.0. The first-order chi connectivity index (χ1) is 9.63. The molecule has 1 saturated heterocycles. The number of rotatable bonds is 2. The summed E-state index contributed by atoms with van der Waals surface area (Å²) in [4.78, 5) is 24.8. The van der Waals surface area contributed by atoms with E-state index in [0.29, 0.717) is 17.7 Å². The highest BCUT2D eigenvalue weighted by molar-refractivity contribution is 6.17. The van der Waals surface area contributed by atoms with Gasteiger partial charge in [-0.15, -0.1) is 0 Å².